The maximum atomic E-state index is 13.3. The molecule has 0 radical (unpaired) electrons. The van der Waals surface area contributed by atoms with Gasteiger partial charge in [-0.25, -0.2) is 8.78 Å². The van der Waals surface area contributed by atoms with Gasteiger partial charge in [-0.2, -0.15) is 0 Å². The Bertz CT molecular complexity index is 412. The van der Waals surface area contributed by atoms with Crippen molar-refractivity contribution in [2.75, 3.05) is 6.61 Å². The second-order valence-electron chi connectivity index (χ2n) is 5.55. The van der Waals surface area contributed by atoms with E-state index in [0.29, 0.717) is 18.1 Å². The van der Waals surface area contributed by atoms with E-state index in [4.69, 9.17) is 10.5 Å². The molecule has 112 valence electrons. The zero-order valence-corrected chi connectivity index (χ0v) is 11.9. The highest BCUT2D eigenvalue weighted by molar-refractivity contribution is 5.22. The van der Waals surface area contributed by atoms with Gasteiger partial charge in [-0.15, -0.1) is 0 Å². The minimum absolute atomic E-state index is 0.165. The average Bonchev–Trinajstić information content (AvgIpc) is 2.44. The van der Waals surface area contributed by atoms with E-state index in [9.17, 15) is 8.78 Å². The van der Waals surface area contributed by atoms with Crippen molar-refractivity contribution < 1.29 is 13.5 Å². The van der Waals surface area contributed by atoms with E-state index < -0.39 is 17.7 Å². The average molecular weight is 283 g/mol. The lowest BCUT2D eigenvalue weighted by Crippen LogP contribution is -2.36. The van der Waals surface area contributed by atoms with Crippen LogP contribution in [-0.4, -0.2) is 12.7 Å². The number of nitrogens with two attached hydrogens (primary N) is 1. The first-order valence-electron chi connectivity index (χ1n) is 7.45. The minimum Gasteiger partial charge on any atom is -0.376 e. The fourth-order valence-electron chi connectivity index (χ4n) is 3.15. The van der Waals surface area contributed by atoms with Gasteiger partial charge in [0.25, 0.3) is 0 Å². The quantitative estimate of drug-likeness (QED) is 0.888. The first-order valence-corrected chi connectivity index (χ1v) is 7.45. The molecular weight excluding hydrogens is 260 g/mol. The maximum Gasteiger partial charge on any atom is 0.126 e. The van der Waals surface area contributed by atoms with Crippen molar-refractivity contribution >= 4 is 0 Å². The van der Waals surface area contributed by atoms with Gasteiger partial charge in [-0.3, -0.25) is 0 Å². The van der Waals surface area contributed by atoms with Crippen LogP contribution in [0.1, 0.15) is 50.6 Å². The van der Waals surface area contributed by atoms with E-state index in [0.717, 1.165) is 18.9 Å². The lowest BCUT2D eigenvalue weighted by atomic mass is 9.81. The molecule has 0 aliphatic heterocycles. The Morgan fingerprint density at radius 3 is 2.30 bits per heavy atom. The van der Waals surface area contributed by atoms with E-state index in [1.54, 1.807) is 0 Å². The molecule has 0 amide bonds. The molecule has 1 aliphatic carbocycles. The predicted octanol–water partition coefficient (Wildman–Crippen LogP) is 3.95. The number of halogens is 2. The maximum absolute atomic E-state index is 13.3. The third-order valence-corrected chi connectivity index (χ3v) is 4.10. The van der Waals surface area contributed by atoms with Gasteiger partial charge in [0.1, 0.15) is 11.6 Å². The zero-order chi connectivity index (χ0) is 14.5. The monoisotopic (exact) mass is 283 g/mol. The summed E-state index contributed by atoms with van der Waals surface area (Å²) >= 11 is 0. The molecule has 0 saturated heterocycles. The van der Waals surface area contributed by atoms with Crippen LogP contribution in [0.4, 0.5) is 8.78 Å². The van der Waals surface area contributed by atoms with E-state index >= 15 is 0 Å². The van der Waals surface area contributed by atoms with Gasteiger partial charge in [0, 0.05) is 12.7 Å². The lowest BCUT2D eigenvalue weighted by Gasteiger charge is -2.34. The van der Waals surface area contributed by atoms with Crippen LogP contribution in [0.5, 0.6) is 0 Å². The molecule has 2 rings (SSSR count). The second kappa shape index (κ2) is 7.14. The van der Waals surface area contributed by atoms with Gasteiger partial charge in [0.2, 0.25) is 0 Å². The Balaban J connectivity index is 2.18. The highest BCUT2D eigenvalue weighted by atomic mass is 19.1. The Morgan fingerprint density at radius 2 is 1.75 bits per heavy atom. The van der Waals surface area contributed by atoms with Crippen LogP contribution >= 0.6 is 0 Å². The molecule has 0 heterocycles. The lowest BCUT2D eigenvalue weighted by molar-refractivity contribution is -0.00994. The summed E-state index contributed by atoms with van der Waals surface area (Å²) < 4.78 is 32.5. The third kappa shape index (κ3) is 3.76. The molecule has 1 saturated carbocycles. The Kier molecular flexibility index (Phi) is 5.49. The first-order chi connectivity index (χ1) is 9.61. The van der Waals surface area contributed by atoms with Crippen molar-refractivity contribution in [2.24, 2.45) is 11.7 Å². The molecule has 2 atom stereocenters. The standard InChI is InChI=1S/C16H23F2NO/c1-2-20-16(11-6-4-3-5-7-11)15(19)12-8-13(17)10-14(18)9-12/h8-11,15-16H,2-7,19H2,1H3. The molecule has 2 N–H and O–H groups in total. The van der Waals surface area contributed by atoms with Crippen LogP contribution in [0, 0.1) is 17.6 Å². The van der Waals surface area contributed by atoms with E-state index in [-0.39, 0.29) is 6.10 Å². The number of benzene rings is 1. The number of hydrogen-bond donors (Lipinski definition) is 1. The van der Waals surface area contributed by atoms with Crippen LogP contribution in [0.3, 0.4) is 0 Å². The van der Waals surface area contributed by atoms with Crippen LogP contribution in [-0.2, 0) is 4.74 Å². The second-order valence-corrected chi connectivity index (χ2v) is 5.55. The van der Waals surface area contributed by atoms with Crippen molar-refractivity contribution in [1.82, 2.24) is 0 Å². The molecule has 0 spiro atoms. The summed E-state index contributed by atoms with van der Waals surface area (Å²) in [6.45, 7) is 2.49. The summed E-state index contributed by atoms with van der Waals surface area (Å²) in [6, 6.07) is 3.00. The highest BCUT2D eigenvalue weighted by Gasteiger charge is 2.30. The third-order valence-electron chi connectivity index (χ3n) is 4.10. The number of hydrogen-bond acceptors (Lipinski definition) is 2. The summed E-state index contributed by atoms with van der Waals surface area (Å²) in [5.74, 6) is -0.797. The summed E-state index contributed by atoms with van der Waals surface area (Å²) in [7, 11) is 0. The van der Waals surface area contributed by atoms with E-state index in [1.807, 2.05) is 6.92 Å². The van der Waals surface area contributed by atoms with E-state index in [1.165, 1.54) is 31.4 Å². The Labute approximate surface area is 119 Å². The Morgan fingerprint density at radius 1 is 1.15 bits per heavy atom. The Hall–Kier alpha value is -1.00. The largest absolute Gasteiger partial charge is 0.376 e. The summed E-state index contributed by atoms with van der Waals surface area (Å²) in [6.07, 6.45) is 5.60. The topological polar surface area (TPSA) is 35.2 Å². The van der Waals surface area contributed by atoms with Gasteiger partial charge in [-0.05, 0) is 43.4 Å². The molecule has 4 heteroatoms. The van der Waals surface area contributed by atoms with Crippen LogP contribution < -0.4 is 5.73 Å². The molecule has 1 aromatic carbocycles. The van der Waals surface area contributed by atoms with Crippen LogP contribution in [0.2, 0.25) is 0 Å². The van der Waals surface area contributed by atoms with Gasteiger partial charge < -0.3 is 10.5 Å². The van der Waals surface area contributed by atoms with Crippen molar-refractivity contribution in [1.29, 1.82) is 0 Å². The molecule has 20 heavy (non-hydrogen) atoms. The predicted molar refractivity (Wildman–Crippen MR) is 75.3 cm³/mol. The normalized spacial score (nSPS) is 19.8. The number of ether oxygens (including phenoxy) is 1. The molecule has 1 aliphatic rings. The van der Waals surface area contributed by atoms with Gasteiger partial charge >= 0.3 is 0 Å². The van der Waals surface area contributed by atoms with Crippen molar-refractivity contribution in [2.45, 2.75) is 51.2 Å². The van der Waals surface area contributed by atoms with Gasteiger partial charge in [0.05, 0.1) is 12.1 Å². The van der Waals surface area contributed by atoms with Crippen molar-refractivity contribution in [3.8, 4) is 0 Å². The summed E-state index contributed by atoms with van der Waals surface area (Å²) in [4.78, 5) is 0. The van der Waals surface area contributed by atoms with Crippen molar-refractivity contribution in [3.05, 3.63) is 35.4 Å². The smallest absolute Gasteiger partial charge is 0.126 e. The summed E-state index contributed by atoms with van der Waals surface area (Å²) in [5.41, 5.74) is 6.71. The summed E-state index contributed by atoms with van der Waals surface area (Å²) in [5, 5.41) is 0. The highest BCUT2D eigenvalue weighted by Crippen LogP contribution is 2.33. The zero-order valence-electron chi connectivity index (χ0n) is 11.9. The first kappa shape index (κ1) is 15.4. The van der Waals surface area contributed by atoms with Gasteiger partial charge in [-0.1, -0.05) is 19.3 Å². The molecule has 0 aromatic heterocycles. The fourth-order valence-corrected chi connectivity index (χ4v) is 3.15. The molecule has 0 bridgehead atoms. The molecule has 2 nitrogen and oxygen atoms in total. The van der Waals surface area contributed by atoms with Crippen LogP contribution in [0.25, 0.3) is 0 Å². The van der Waals surface area contributed by atoms with Gasteiger partial charge in [0.15, 0.2) is 0 Å². The molecule has 1 fully saturated rings. The minimum atomic E-state index is -0.589. The SMILES string of the molecule is CCOC(C1CCCCC1)C(N)c1cc(F)cc(F)c1. The van der Waals surface area contributed by atoms with Crippen molar-refractivity contribution in [3.63, 3.8) is 0 Å². The van der Waals surface area contributed by atoms with Crippen LogP contribution in [0.15, 0.2) is 18.2 Å². The molecule has 1 aromatic rings. The molecular formula is C16H23F2NO. The fraction of sp³-hybridized carbons (Fsp3) is 0.625. The van der Waals surface area contributed by atoms with E-state index in [2.05, 4.69) is 0 Å². The number of rotatable bonds is 5. The molecule has 2 unspecified atom stereocenters.